The third-order valence-electron chi connectivity index (χ3n) is 13.1. The lowest BCUT2D eigenvalue weighted by atomic mass is 9.89. The van der Waals surface area contributed by atoms with E-state index < -0.39 is 83.5 Å². The number of aliphatic hydroxyl groups excluding tert-OH is 4. The summed E-state index contributed by atoms with van der Waals surface area (Å²) in [5.74, 6) is -0.349. The van der Waals surface area contributed by atoms with Crippen molar-refractivity contribution in [2.24, 2.45) is 0 Å². The number of nitrogens with one attached hydrogen (secondary N) is 2. The van der Waals surface area contributed by atoms with E-state index in [0.29, 0.717) is 38.8 Å². The molecule has 4 aromatic carbocycles. The summed E-state index contributed by atoms with van der Waals surface area (Å²) in [7, 11) is 2.81. The van der Waals surface area contributed by atoms with Gasteiger partial charge in [0, 0.05) is 52.8 Å². The molecule has 368 valence electrons. The van der Waals surface area contributed by atoms with Crippen LogP contribution in [0.25, 0.3) is 33.1 Å². The summed E-state index contributed by atoms with van der Waals surface area (Å²) in [6, 6.07) is 19.0. The highest BCUT2D eigenvalue weighted by molar-refractivity contribution is 6.07. The molecule has 2 amide bonds. The fraction of sp³-hybridized carbons (Fsp3) is 0.373. The highest BCUT2D eigenvalue weighted by atomic mass is 16.7. The van der Waals surface area contributed by atoms with Crippen LogP contribution in [0.15, 0.2) is 91.2 Å². The molecule has 0 unspecified atom stereocenters. The van der Waals surface area contributed by atoms with E-state index in [1.165, 1.54) is 32.4 Å². The fourth-order valence-corrected chi connectivity index (χ4v) is 9.35. The van der Waals surface area contributed by atoms with Crippen LogP contribution in [-0.2, 0) is 25.6 Å². The summed E-state index contributed by atoms with van der Waals surface area (Å²) in [5, 5.41) is 49.1. The molecular weight excluding hydrogens is 913 g/mol. The van der Waals surface area contributed by atoms with Crippen LogP contribution >= 0.6 is 0 Å². The van der Waals surface area contributed by atoms with Crippen molar-refractivity contribution in [2.45, 2.75) is 109 Å². The quantitative estimate of drug-likeness (QED) is 0.0978. The van der Waals surface area contributed by atoms with E-state index in [4.69, 9.17) is 42.0 Å². The van der Waals surface area contributed by atoms with E-state index in [0.717, 1.165) is 5.56 Å². The summed E-state index contributed by atoms with van der Waals surface area (Å²) in [4.78, 5) is 54.1. The van der Waals surface area contributed by atoms with Crippen LogP contribution in [0.2, 0.25) is 0 Å². The van der Waals surface area contributed by atoms with Gasteiger partial charge in [-0.3, -0.25) is 9.59 Å². The molecule has 3 aliphatic heterocycles. The Labute approximate surface area is 399 Å². The lowest BCUT2D eigenvalue weighted by Gasteiger charge is -2.46. The predicted molar refractivity (Wildman–Crippen MR) is 251 cm³/mol. The van der Waals surface area contributed by atoms with Crippen molar-refractivity contribution < 1.29 is 72.0 Å². The largest absolute Gasteiger partial charge is 0.488 e. The molecule has 19 nitrogen and oxygen atoms in total. The van der Waals surface area contributed by atoms with Crippen molar-refractivity contribution in [1.29, 1.82) is 0 Å². The number of aryl methyl sites for hydroxylation is 2. The van der Waals surface area contributed by atoms with Crippen LogP contribution in [0.4, 0.5) is 11.4 Å². The van der Waals surface area contributed by atoms with Crippen LogP contribution in [0.3, 0.4) is 0 Å². The topological polar surface area (TPSA) is 264 Å². The zero-order chi connectivity index (χ0) is 50.1. The van der Waals surface area contributed by atoms with E-state index in [2.05, 4.69) is 10.6 Å². The van der Waals surface area contributed by atoms with Crippen molar-refractivity contribution in [3.05, 3.63) is 121 Å². The second-order valence-electron chi connectivity index (χ2n) is 18.6. The first-order chi connectivity index (χ1) is 33.2. The number of hydrogen-bond donors (Lipinski definition) is 6. The summed E-state index contributed by atoms with van der Waals surface area (Å²) < 4.78 is 51.9. The molecule has 6 aromatic rings. The fourth-order valence-electron chi connectivity index (χ4n) is 9.35. The number of rotatable bonds is 10. The number of hydrogen-bond acceptors (Lipinski definition) is 17. The first-order valence-electron chi connectivity index (χ1n) is 22.3. The Hall–Kier alpha value is -6.68. The lowest BCUT2D eigenvalue weighted by Crippen LogP contribution is -2.63. The number of benzene rings is 4. The Balaban J connectivity index is 0.906. The van der Waals surface area contributed by atoms with Gasteiger partial charge in [0.05, 0.1) is 11.2 Å². The van der Waals surface area contributed by atoms with Gasteiger partial charge in [-0.15, -0.1) is 0 Å². The van der Waals surface area contributed by atoms with Gasteiger partial charge in [0.25, 0.3) is 11.8 Å². The molecule has 19 heteroatoms. The number of carbonyl (C=O) groups is 2. The SMILES string of the molecule is CO[C@@H]1[C@@H](O)[C@@H](O)[C@H](Oc2ccc3cc(NC(=O)c4ccc5c(c4)-c4cc(C(=O)Nc6cc7ccc(O[C@@H]8OC(C)(C)[C@H](OC)[C@@H](O)[C@H]8O)c(C)c7oc6=O)ccc4OC5)c(=O)oc3c2C)OC1(C)C. The Morgan fingerprint density at radius 3 is 1.50 bits per heavy atom. The van der Waals surface area contributed by atoms with Gasteiger partial charge in [0.1, 0.15) is 83.0 Å². The standard InChI is InChI=1S/C51H52N2O17/c1-22-33(65-48-38(56)36(54)42(62-7)50(3,4)69-48)14-11-24-19-31(46(60)67-40(22)24)52-44(58)26-9-10-28-21-64-35-16-13-27(18-30(35)29(28)17-26)45(59)53-32-20-25-12-15-34(23(2)41(25)68-47(32)61)66-49-39(57)37(55)43(63-8)51(5,6)70-49/h9-20,36-39,42-43,48-49,54-57H,21H2,1-8H3,(H,52,58)(H,53,59)/t36-,37-,38+,39+,42+,43+,48+,49+/m0/s1. The van der Waals surface area contributed by atoms with Crippen molar-refractivity contribution in [3.8, 4) is 28.4 Å². The van der Waals surface area contributed by atoms with E-state index in [-0.39, 0.29) is 51.8 Å². The second kappa shape index (κ2) is 18.2. The van der Waals surface area contributed by atoms with Crippen molar-refractivity contribution in [1.82, 2.24) is 0 Å². The smallest absolute Gasteiger partial charge is 0.360 e. The number of aliphatic hydroxyl groups is 4. The van der Waals surface area contributed by atoms with Gasteiger partial charge in [-0.1, -0.05) is 6.07 Å². The molecule has 0 saturated carbocycles. The number of fused-ring (bicyclic) bond motifs is 5. The molecule has 2 aromatic heterocycles. The van der Waals surface area contributed by atoms with E-state index in [9.17, 15) is 39.6 Å². The maximum absolute atomic E-state index is 13.8. The number of anilines is 2. The summed E-state index contributed by atoms with van der Waals surface area (Å²) >= 11 is 0. The molecule has 0 bridgehead atoms. The van der Waals surface area contributed by atoms with Gasteiger partial charge in [-0.05, 0) is 119 Å². The minimum absolute atomic E-state index is 0.130. The average Bonchev–Trinajstić information content (AvgIpc) is 3.32. The molecule has 0 aliphatic carbocycles. The number of amides is 2. The maximum atomic E-state index is 13.8. The van der Waals surface area contributed by atoms with Crippen LogP contribution in [0, 0.1) is 13.8 Å². The molecule has 8 atom stereocenters. The Kier molecular flexibility index (Phi) is 12.6. The molecule has 0 radical (unpaired) electrons. The molecule has 3 aliphatic rings. The van der Waals surface area contributed by atoms with Crippen molar-refractivity contribution in [3.63, 3.8) is 0 Å². The Morgan fingerprint density at radius 2 is 1.04 bits per heavy atom. The Morgan fingerprint density at radius 1 is 0.600 bits per heavy atom. The highest BCUT2D eigenvalue weighted by Gasteiger charge is 2.52. The molecular formula is C51H52N2O17. The first-order valence-corrected chi connectivity index (χ1v) is 22.3. The van der Waals surface area contributed by atoms with Crippen LogP contribution in [0.5, 0.6) is 17.2 Å². The van der Waals surface area contributed by atoms with Crippen LogP contribution in [-0.4, -0.2) is 107 Å². The van der Waals surface area contributed by atoms with Gasteiger partial charge in [0.2, 0.25) is 12.6 Å². The maximum Gasteiger partial charge on any atom is 0.360 e. The van der Waals surface area contributed by atoms with Crippen LogP contribution in [0.1, 0.15) is 65.1 Å². The number of carbonyl (C=O) groups excluding carboxylic acids is 2. The number of methoxy groups -OCH3 is 2. The van der Waals surface area contributed by atoms with E-state index in [1.54, 1.807) is 96.1 Å². The third-order valence-corrected chi connectivity index (χ3v) is 13.1. The molecule has 6 N–H and O–H groups in total. The Bertz CT molecular complexity index is 2970. The minimum atomic E-state index is -1.45. The molecule has 9 rings (SSSR count). The van der Waals surface area contributed by atoms with Gasteiger partial charge in [0.15, 0.2) is 0 Å². The lowest BCUT2D eigenvalue weighted by molar-refractivity contribution is -0.306. The molecule has 2 saturated heterocycles. The first kappa shape index (κ1) is 48.3. The molecule has 2 fully saturated rings. The zero-order valence-corrected chi connectivity index (χ0v) is 39.4. The van der Waals surface area contributed by atoms with Crippen LogP contribution < -0.4 is 36.1 Å². The normalized spacial score (nSPS) is 24.5. The second-order valence-corrected chi connectivity index (χ2v) is 18.6. The predicted octanol–water partition coefficient (Wildman–Crippen LogP) is 5.08. The summed E-state index contributed by atoms with van der Waals surface area (Å²) in [6.45, 7) is 10.3. The van der Waals surface area contributed by atoms with E-state index >= 15 is 0 Å². The third kappa shape index (κ3) is 8.68. The minimum Gasteiger partial charge on any atom is -0.488 e. The van der Waals surface area contributed by atoms with Gasteiger partial charge in [-0.25, -0.2) is 9.59 Å². The number of ether oxygens (including phenoxy) is 7. The average molecular weight is 965 g/mol. The van der Waals surface area contributed by atoms with Gasteiger partial charge in [-0.2, -0.15) is 0 Å². The van der Waals surface area contributed by atoms with Gasteiger partial charge >= 0.3 is 11.3 Å². The zero-order valence-electron chi connectivity index (χ0n) is 39.4. The van der Waals surface area contributed by atoms with Gasteiger partial charge < -0.3 is 73.1 Å². The van der Waals surface area contributed by atoms with Crippen molar-refractivity contribution >= 4 is 45.1 Å². The highest BCUT2D eigenvalue weighted by Crippen LogP contribution is 2.40. The molecule has 70 heavy (non-hydrogen) atoms. The summed E-state index contributed by atoms with van der Waals surface area (Å²) in [5.41, 5.74) is -0.646. The molecule has 5 heterocycles. The van der Waals surface area contributed by atoms with Crippen molar-refractivity contribution in [2.75, 3.05) is 24.9 Å². The molecule has 0 spiro atoms. The van der Waals surface area contributed by atoms with E-state index in [1.807, 2.05) is 0 Å². The summed E-state index contributed by atoms with van der Waals surface area (Å²) in [6.07, 6.45) is -9.67. The monoisotopic (exact) mass is 964 g/mol.